The number of likely N-dealkylation sites (tertiary alicyclic amines) is 1. The lowest BCUT2D eigenvalue weighted by Gasteiger charge is -2.32. The minimum Gasteiger partial charge on any atom is -0.508 e. The summed E-state index contributed by atoms with van der Waals surface area (Å²) in [6.45, 7) is 1.78. The fourth-order valence-electron chi connectivity index (χ4n) is 3.06. The molecule has 0 radical (unpaired) electrons. The molecule has 0 aliphatic carbocycles. The molecule has 1 aliphatic rings. The molecule has 1 saturated heterocycles. The molecule has 1 aliphatic heterocycles. The van der Waals surface area contributed by atoms with Crippen LogP contribution in [0.3, 0.4) is 0 Å². The molecule has 1 aromatic heterocycles. The summed E-state index contributed by atoms with van der Waals surface area (Å²) in [6, 6.07) is 8.39. The number of aromatic hydroxyl groups is 2. The highest BCUT2D eigenvalue weighted by molar-refractivity contribution is 5.74. The zero-order chi connectivity index (χ0) is 16.9. The van der Waals surface area contributed by atoms with Gasteiger partial charge in [0.05, 0.1) is 0 Å². The Morgan fingerprint density at radius 3 is 2.54 bits per heavy atom. The first-order valence-electron chi connectivity index (χ1n) is 8.07. The Morgan fingerprint density at radius 1 is 1.17 bits per heavy atom. The number of phenols is 2. The Labute approximate surface area is 140 Å². The number of amides is 2. The van der Waals surface area contributed by atoms with Gasteiger partial charge < -0.3 is 20.4 Å². The second kappa shape index (κ2) is 7.21. The van der Waals surface area contributed by atoms with E-state index in [0.29, 0.717) is 19.6 Å². The van der Waals surface area contributed by atoms with Gasteiger partial charge in [0.25, 0.3) is 0 Å². The monoisotopic (exact) mass is 327 g/mol. The van der Waals surface area contributed by atoms with Crippen molar-refractivity contribution in [1.82, 2.24) is 15.2 Å². The molecule has 24 heavy (non-hydrogen) atoms. The van der Waals surface area contributed by atoms with Crippen molar-refractivity contribution in [2.45, 2.75) is 25.3 Å². The number of carbonyl (C=O) groups excluding carboxylic acids is 1. The molecule has 2 heterocycles. The van der Waals surface area contributed by atoms with Crippen LogP contribution in [-0.2, 0) is 6.54 Å². The van der Waals surface area contributed by atoms with Gasteiger partial charge in [-0.2, -0.15) is 0 Å². The van der Waals surface area contributed by atoms with Gasteiger partial charge in [-0.25, -0.2) is 4.79 Å². The fourth-order valence-corrected chi connectivity index (χ4v) is 3.06. The van der Waals surface area contributed by atoms with Crippen LogP contribution in [0.4, 0.5) is 4.79 Å². The van der Waals surface area contributed by atoms with Crippen molar-refractivity contribution in [2.24, 2.45) is 0 Å². The van der Waals surface area contributed by atoms with E-state index in [4.69, 9.17) is 0 Å². The van der Waals surface area contributed by atoms with E-state index in [0.717, 1.165) is 24.0 Å². The Hall–Kier alpha value is -2.76. The van der Waals surface area contributed by atoms with Crippen molar-refractivity contribution >= 4 is 6.03 Å². The van der Waals surface area contributed by atoms with Gasteiger partial charge in [0.15, 0.2) is 0 Å². The van der Waals surface area contributed by atoms with Crippen LogP contribution in [0.5, 0.6) is 11.5 Å². The van der Waals surface area contributed by atoms with Crippen LogP contribution >= 0.6 is 0 Å². The van der Waals surface area contributed by atoms with E-state index in [-0.39, 0.29) is 23.4 Å². The highest BCUT2D eigenvalue weighted by atomic mass is 16.3. The standard InChI is InChI=1S/C18H21N3O3/c22-15-1-2-16(17(23)11-15)14-5-9-21(10-6-14)18(24)20-12-13-3-7-19-8-4-13/h1-4,7-8,11,14,22-23H,5-6,9-10,12H2,(H,20,24). The van der Waals surface area contributed by atoms with Crippen molar-refractivity contribution in [3.05, 3.63) is 53.9 Å². The molecule has 1 aromatic carbocycles. The topological polar surface area (TPSA) is 85.7 Å². The second-order valence-corrected chi connectivity index (χ2v) is 6.02. The van der Waals surface area contributed by atoms with Crippen molar-refractivity contribution in [1.29, 1.82) is 0 Å². The summed E-state index contributed by atoms with van der Waals surface area (Å²) >= 11 is 0. The van der Waals surface area contributed by atoms with E-state index in [1.165, 1.54) is 6.07 Å². The molecule has 3 rings (SSSR count). The molecule has 0 atom stereocenters. The summed E-state index contributed by atoms with van der Waals surface area (Å²) in [6.07, 6.45) is 5.00. The van der Waals surface area contributed by atoms with Crippen LogP contribution in [0.15, 0.2) is 42.7 Å². The molecule has 2 amide bonds. The lowest BCUT2D eigenvalue weighted by atomic mass is 9.89. The summed E-state index contributed by atoms with van der Waals surface area (Å²) in [4.78, 5) is 18.0. The van der Waals surface area contributed by atoms with E-state index in [9.17, 15) is 15.0 Å². The van der Waals surface area contributed by atoms with Crippen molar-refractivity contribution in [3.8, 4) is 11.5 Å². The third kappa shape index (κ3) is 3.76. The zero-order valence-corrected chi connectivity index (χ0v) is 13.4. The number of rotatable bonds is 3. The largest absolute Gasteiger partial charge is 0.508 e. The number of hydrogen-bond donors (Lipinski definition) is 3. The van der Waals surface area contributed by atoms with E-state index in [1.807, 2.05) is 12.1 Å². The molecule has 2 aromatic rings. The van der Waals surface area contributed by atoms with Gasteiger partial charge in [0, 0.05) is 38.1 Å². The molecular weight excluding hydrogens is 306 g/mol. The highest BCUT2D eigenvalue weighted by Crippen LogP contribution is 2.35. The Bertz CT molecular complexity index is 698. The number of hydrogen-bond acceptors (Lipinski definition) is 4. The number of piperidine rings is 1. The highest BCUT2D eigenvalue weighted by Gasteiger charge is 2.25. The molecule has 0 spiro atoms. The summed E-state index contributed by atoms with van der Waals surface area (Å²) in [5, 5.41) is 22.3. The summed E-state index contributed by atoms with van der Waals surface area (Å²) in [7, 11) is 0. The van der Waals surface area contributed by atoms with Gasteiger partial charge >= 0.3 is 6.03 Å². The van der Waals surface area contributed by atoms with Crippen LogP contribution in [0.1, 0.15) is 29.9 Å². The fraction of sp³-hybridized carbons (Fsp3) is 0.333. The van der Waals surface area contributed by atoms with Crippen molar-refractivity contribution < 1.29 is 15.0 Å². The minimum atomic E-state index is -0.0693. The molecule has 0 saturated carbocycles. The van der Waals surface area contributed by atoms with Crippen LogP contribution in [0.2, 0.25) is 0 Å². The number of phenolic OH excluding ortho intramolecular Hbond substituents is 2. The number of urea groups is 1. The van der Waals surface area contributed by atoms with Crippen molar-refractivity contribution in [2.75, 3.05) is 13.1 Å². The van der Waals surface area contributed by atoms with Crippen LogP contribution in [-0.4, -0.2) is 39.2 Å². The lowest BCUT2D eigenvalue weighted by Crippen LogP contribution is -2.43. The first-order valence-corrected chi connectivity index (χ1v) is 8.07. The molecule has 126 valence electrons. The van der Waals surface area contributed by atoms with Gasteiger partial charge in [-0.1, -0.05) is 6.07 Å². The smallest absolute Gasteiger partial charge is 0.317 e. The number of nitrogens with one attached hydrogen (secondary N) is 1. The normalized spacial score (nSPS) is 15.2. The predicted octanol–water partition coefficient (Wildman–Crippen LogP) is 2.58. The summed E-state index contributed by atoms with van der Waals surface area (Å²) < 4.78 is 0. The van der Waals surface area contributed by atoms with E-state index < -0.39 is 0 Å². The first-order chi connectivity index (χ1) is 11.6. The molecule has 1 fully saturated rings. The Morgan fingerprint density at radius 2 is 1.88 bits per heavy atom. The van der Waals surface area contributed by atoms with Gasteiger partial charge in [0.1, 0.15) is 11.5 Å². The van der Waals surface area contributed by atoms with Gasteiger partial charge in [-0.3, -0.25) is 4.98 Å². The van der Waals surface area contributed by atoms with Gasteiger partial charge in [-0.05, 0) is 48.1 Å². The van der Waals surface area contributed by atoms with Crippen molar-refractivity contribution in [3.63, 3.8) is 0 Å². The molecule has 6 heteroatoms. The summed E-state index contributed by atoms with van der Waals surface area (Å²) in [5.74, 6) is 0.384. The first kappa shape index (κ1) is 16.1. The molecule has 6 nitrogen and oxygen atoms in total. The van der Waals surface area contributed by atoms with E-state index in [1.54, 1.807) is 29.4 Å². The van der Waals surface area contributed by atoms with Crippen LogP contribution in [0.25, 0.3) is 0 Å². The number of pyridine rings is 1. The molecule has 0 bridgehead atoms. The Balaban J connectivity index is 1.52. The number of carbonyl (C=O) groups is 1. The number of aromatic nitrogens is 1. The maximum absolute atomic E-state index is 12.2. The quantitative estimate of drug-likeness (QED) is 0.809. The number of nitrogens with zero attached hydrogens (tertiary/aromatic N) is 2. The zero-order valence-electron chi connectivity index (χ0n) is 13.4. The summed E-state index contributed by atoms with van der Waals surface area (Å²) in [5.41, 5.74) is 1.85. The maximum Gasteiger partial charge on any atom is 0.317 e. The predicted molar refractivity (Wildman–Crippen MR) is 89.8 cm³/mol. The average Bonchev–Trinajstić information content (AvgIpc) is 2.61. The maximum atomic E-state index is 12.2. The minimum absolute atomic E-state index is 0.0594. The van der Waals surface area contributed by atoms with E-state index in [2.05, 4.69) is 10.3 Å². The SMILES string of the molecule is O=C(NCc1ccncc1)N1CCC(c2ccc(O)cc2O)CC1. The van der Waals surface area contributed by atoms with Crippen LogP contribution < -0.4 is 5.32 Å². The second-order valence-electron chi connectivity index (χ2n) is 6.02. The Kier molecular flexibility index (Phi) is 4.84. The third-order valence-electron chi connectivity index (χ3n) is 4.43. The van der Waals surface area contributed by atoms with Gasteiger partial charge in [0.2, 0.25) is 0 Å². The van der Waals surface area contributed by atoms with Crippen LogP contribution in [0, 0.1) is 0 Å². The molecular formula is C18H21N3O3. The average molecular weight is 327 g/mol. The lowest BCUT2D eigenvalue weighted by molar-refractivity contribution is 0.180. The molecule has 0 unspecified atom stereocenters. The van der Waals surface area contributed by atoms with E-state index >= 15 is 0 Å². The number of benzene rings is 1. The van der Waals surface area contributed by atoms with Gasteiger partial charge in [-0.15, -0.1) is 0 Å². The molecule has 3 N–H and O–H groups in total. The third-order valence-corrected chi connectivity index (χ3v) is 4.43.